The third kappa shape index (κ3) is 22.7. The number of carbonyl (C=O) groups excluding carboxylic acids is 4. The number of ether oxygens (including phenoxy) is 3. The van der Waals surface area contributed by atoms with E-state index in [1.165, 1.54) is 0 Å². The lowest BCUT2D eigenvalue weighted by atomic mass is 10.1. The van der Waals surface area contributed by atoms with Crippen LogP contribution in [0.5, 0.6) is 0 Å². The van der Waals surface area contributed by atoms with E-state index in [4.69, 9.17) is 48.0 Å². The Labute approximate surface area is 220 Å². The molecule has 4 amide bonds. The van der Waals surface area contributed by atoms with Crippen molar-refractivity contribution in [3.63, 3.8) is 0 Å². The molecule has 16 heteroatoms. The number of hydrogen-bond donors (Lipinski definition) is 6. The second-order valence-corrected chi connectivity index (χ2v) is 7.70. The van der Waals surface area contributed by atoms with Gasteiger partial charge in [0.2, 0.25) is 17.7 Å². The van der Waals surface area contributed by atoms with Crippen LogP contribution >= 0.6 is 23.2 Å². The minimum Gasteiger partial charge on any atom is -0.377 e. The summed E-state index contributed by atoms with van der Waals surface area (Å²) in [6.45, 7) is 2.07. The van der Waals surface area contributed by atoms with Gasteiger partial charge in [-0.25, -0.2) is 0 Å². The Balaban J connectivity index is 4.02. The fourth-order valence-electron chi connectivity index (χ4n) is 2.56. The molecular weight excluding hydrogens is 523 g/mol. The second-order valence-electron chi connectivity index (χ2n) is 7.09. The van der Waals surface area contributed by atoms with Gasteiger partial charge in [0, 0.05) is 26.2 Å². The summed E-state index contributed by atoms with van der Waals surface area (Å²) in [5.74, 6) is -1.06. The summed E-state index contributed by atoms with van der Waals surface area (Å²) in [5.41, 5.74) is 7.86. The minimum atomic E-state index is -0.751. The number of nitrogens with one attached hydrogen (secondary N) is 5. The Morgan fingerprint density at radius 3 is 2.17 bits per heavy atom. The molecule has 0 bridgehead atoms. The van der Waals surface area contributed by atoms with Gasteiger partial charge >= 0.3 is 5.37 Å². The second kappa shape index (κ2) is 24.9. The normalized spacial score (nSPS) is 11.5. The SMILES string of the molecule is NCCNC(=O)C(CCCCNC(=O)COCCOCCNC(=O)Cl)NC(=O)COCCONCCl. The van der Waals surface area contributed by atoms with Gasteiger partial charge < -0.3 is 41.2 Å². The monoisotopic (exact) mass is 560 g/mol. The first-order valence-corrected chi connectivity index (χ1v) is 12.4. The number of alkyl halides is 1. The number of carbonyl (C=O) groups is 4. The van der Waals surface area contributed by atoms with Crippen molar-refractivity contribution >= 4 is 46.3 Å². The largest absolute Gasteiger partial charge is 0.377 e. The Hall–Kier alpha value is -1.78. The predicted octanol–water partition coefficient (Wildman–Crippen LogP) is -1.45. The number of unbranched alkanes of at least 4 members (excludes halogenated alkanes) is 1. The number of halogens is 2. The van der Waals surface area contributed by atoms with Crippen LogP contribution in [0.3, 0.4) is 0 Å². The van der Waals surface area contributed by atoms with E-state index < -0.39 is 17.3 Å². The molecule has 0 heterocycles. The predicted molar refractivity (Wildman–Crippen MR) is 132 cm³/mol. The highest BCUT2D eigenvalue weighted by Gasteiger charge is 2.20. The minimum absolute atomic E-state index is 0.116. The molecule has 0 aliphatic heterocycles. The molecule has 0 saturated carbocycles. The third-order valence-electron chi connectivity index (χ3n) is 4.17. The summed E-state index contributed by atoms with van der Waals surface area (Å²) in [4.78, 5) is 51.6. The molecule has 1 atom stereocenters. The molecule has 210 valence electrons. The molecule has 1 unspecified atom stereocenters. The van der Waals surface area contributed by atoms with Crippen LogP contribution in [0.25, 0.3) is 0 Å². The number of nitrogens with two attached hydrogens (primary N) is 1. The van der Waals surface area contributed by atoms with Gasteiger partial charge in [0.05, 0.1) is 39.0 Å². The van der Waals surface area contributed by atoms with Crippen molar-refractivity contribution in [1.29, 1.82) is 0 Å². The summed E-state index contributed by atoms with van der Waals surface area (Å²) in [7, 11) is 0. The van der Waals surface area contributed by atoms with Crippen LogP contribution in [0.1, 0.15) is 19.3 Å². The number of amides is 4. The first kappa shape index (κ1) is 34.2. The highest BCUT2D eigenvalue weighted by molar-refractivity contribution is 6.62. The van der Waals surface area contributed by atoms with Gasteiger partial charge in [0.25, 0.3) is 0 Å². The van der Waals surface area contributed by atoms with Crippen molar-refractivity contribution in [3.8, 4) is 0 Å². The first-order chi connectivity index (χ1) is 17.4. The average molecular weight is 561 g/mol. The summed E-state index contributed by atoms with van der Waals surface area (Å²) >= 11 is 10.5. The van der Waals surface area contributed by atoms with E-state index in [1.807, 2.05) is 0 Å². The van der Waals surface area contributed by atoms with Gasteiger partial charge in [-0.2, -0.15) is 5.48 Å². The molecule has 0 aromatic rings. The summed E-state index contributed by atoms with van der Waals surface area (Å²) in [5, 5.41) is 9.74. The quantitative estimate of drug-likeness (QED) is 0.0267. The smallest absolute Gasteiger partial charge is 0.313 e. The molecule has 0 fully saturated rings. The fraction of sp³-hybridized carbons (Fsp3) is 0.800. The Morgan fingerprint density at radius 2 is 1.47 bits per heavy atom. The van der Waals surface area contributed by atoms with Crippen LogP contribution in [-0.4, -0.2) is 108 Å². The van der Waals surface area contributed by atoms with E-state index >= 15 is 0 Å². The van der Waals surface area contributed by atoms with Crippen LogP contribution < -0.4 is 32.5 Å². The number of hydrogen-bond acceptors (Lipinski definition) is 10. The van der Waals surface area contributed by atoms with Gasteiger partial charge in [0.15, 0.2) is 0 Å². The van der Waals surface area contributed by atoms with Crippen LogP contribution in [0.4, 0.5) is 4.79 Å². The zero-order valence-electron chi connectivity index (χ0n) is 20.3. The maximum atomic E-state index is 12.3. The van der Waals surface area contributed by atoms with Gasteiger partial charge in [-0.3, -0.25) is 24.0 Å². The van der Waals surface area contributed by atoms with Crippen LogP contribution in [0.15, 0.2) is 0 Å². The number of hydroxylamine groups is 1. The van der Waals surface area contributed by atoms with Crippen molar-refractivity contribution in [2.45, 2.75) is 25.3 Å². The summed E-state index contributed by atoms with van der Waals surface area (Å²) in [6, 6.07) is -0.619. The summed E-state index contributed by atoms with van der Waals surface area (Å²) < 4.78 is 15.6. The van der Waals surface area contributed by atoms with Crippen molar-refractivity contribution in [2.24, 2.45) is 5.73 Å². The van der Waals surface area contributed by atoms with E-state index in [2.05, 4.69) is 26.7 Å². The zero-order valence-corrected chi connectivity index (χ0v) is 21.8. The molecule has 7 N–H and O–H groups in total. The molecule has 0 aromatic heterocycles. The molecule has 14 nitrogen and oxygen atoms in total. The van der Waals surface area contributed by atoms with Crippen LogP contribution in [-0.2, 0) is 33.4 Å². The average Bonchev–Trinajstić information content (AvgIpc) is 2.85. The van der Waals surface area contributed by atoms with Gasteiger partial charge in [-0.15, -0.1) is 11.6 Å². The highest BCUT2D eigenvalue weighted by atomic mass is 35.5. The van der Waals surface area contributed by atoms with E-state index in [1.54, 1.807) is 0 Å². The van der Waals surface area contributed by atoms with Crippen LogP contribution in [0, 0.1) is 0 Å². The maximum Gasteiger partial charge on any atom is 0.313 e. The molecule has 0 rings (SSSR count). The molecule has 0 radical (unpaired) electrons. The zero-order chi connectivity index (χ0) is 26.9. The molecule has 36 heavy (non-hydrogen) atoms. The van der Waals surface area contributed by atoms with Gasteiger partial charge in [0.1, 0.15) is 19.3 Å². The van der Waals surface area contributed by atoms with Crippen molar-refractivity contribution < 1.29 is 38.2 Å². The van der Waals surface area contributed by atoms with Gasteiger partial charge in [-0.1, -0.05) is 0 Å². The third-order valence-corrected chi connectivity index (χ3v) is 4.41. The molecule has 0 spiro atoms. The van der Waals surface area contributed by atoms with Crippen molar-refractivity contribution in [1.82, 2.24) is 26.7 Å². The summed E-state index contributed by atoms with van der Waals surface area (Å²) in [6.07, 6.45) is 1.55. The van der Waals surface area contributed by atoms with Crippen molar-refractivity contribution in [2.75, 3.05) is 78.4 Å². The lowest BCUT2D eigenvalue weighted by molar-refractivity contribution is -0.132. The first-order valence-electron chi connectivity index (χ1n) is 11.5. The van der Waals surface area contributed by atoms with Crippen molar-refractivity contribution in [3.05, 3.63) is 0 Å². The molecule has 0 saturated heterocycles. The standard InChI is InChI=1S/C20H38Cl2N6O8/c21-15-27-36-12-11-35-14-18(30)28-16(19(31)25-6-4-23)3-1-2-5-24-17(29)13-34-10-9-33-8-7-26-20(22)32/h16,27H,1-15,23H2,(H,24,29)(H,25,31)(H,26,32)(H,28,30). The molecule has 0 aromatic carbocycles. The Morgan fingerprint density at radius 1 is 0.778 bits per heavy atom. The van der Waals surface area contributed by atoms with E-state index in [0.717, 1.165) is 0 Å². The Bertz CT molecular complexity index is 621. The fourth-order valence-corrected chi connectivity index (χ4v) is 2.73. The van der Waals surface area contributed by atoms with Gasteiger partial charge in [-0.05, 0) is 30.9 Å². The van der Waals surface area contributed by atoms with E-state index in [0.29, 0.717) is 32.4 Å². The topological polar surface area (TPSA) is 191 Å². The molecule has 0 aliphatic carbocycles. The lowest BCUT2D eigenvalue weighted by Crippen LogP contribution is -2.48. The lowest BCUT2D eigenvalue weighted by Gasteiger charge is -2.18. The number of rotatable bonds is 24. The van der Waals surface area contributed by atoms with E-state index in [-0.39, 0.29) is 77.2 Å². The highest BCUT2D eigenvalue weighted by Crippen LogP contribution is 2.02. The molecular formula is C20H38Cl2N6O8. The molecule has 0 aliphatic rings. The van der Waals surface area contributed by atoms with Crippen LogP contribution in [0.2, 0.25) is 0 Å². The Kier molecular flexibility index (Phi) is 23.7. The van der Waals surface area contributed by atoms with E-state index in [9.17, 15) is 19.2 Å². The maximum absolute atomic E-state index is 12.3.